The van der Waals surface area contributed by atoms with E-state index in [0.717, 1.165) is 38.3 Å². The largest absolute Gasteiger partial charge is 0.497 e. The highest BCUT2D eigenvalue weighted by Crippen LogP contribution is 2.30. The maximum absolute atomic E-state index is 13.2. The van der Waals surface area contributed by atoms with Gasteiger partial charge < -0.3 is 14.5 Å². The molecule has 2 atom stereocenters. The molecule has 0 aliphatic carbocycles. The molecule has 6 heteroatoms. The Bertz CT molecular complexity index is 1060. The molecule has 0 spiro atoms. The molecule has 31 heavy (non-hydrogen) atoms. The minimum absolute atomic E-state index is 0.126. The van der Waals surface area contributed by atoms with Crippen molar-refractivity contribution in [3.63, 3.8) is 0 Å². The van der Waals surface area contributed by atoms with Gasteiger partial charge in [-0.3, -0.25) is 4.79 Å². The molecule has 6 nitrogen and oxygen atoms in total. The molecule has 0 saturated carbocycles. The van der Waals surface area contributed by atoms with E-state index < -0.39 is 0 Å². The molecule has 3 aromatic rings. The van der Waals surface area contributed by atoms with E-state index in [1.54, 1.807) is 7.11 Å². The molecule has 2 aliphatic rings. The summed E-state index contributed by atoms with van der Waals surface area (Å²) in [4.78, 5) is 17.5. The lowest BCUT2D eigenvalue weighted by Crippen LogP contribution is -2.53. The Hall–Kier alpha value is -3.09. The molecule has 0 aromatic heterocycles. The Morgan fingerprint density at radius 1 is 0.903 bits per heavy atom. The predicted octanol–water partition coefficient (Wildman–Crippen LogP) is 3.10. The number of carbonyl (C=O) groups excluding carboxylic acids is 1. The summed E-state index contributed by atoms with van der Waals surface area (Å²) in [6.45, 7) is 3.15. The third kappa shape index (κ3) is 3.96. The van der Waals surface area contributed by atoms with Gasteiger partial charge in [-0.05, 0) is 47.0 Å². The molecule has 2 saturated heterocycles. The number of carbonyl (C=O) groups is 1. The molecule has 5 rings (SSSR count). The number of methoxy groups -OCH3 is 1. The van der Waals surface area contributed by atoms with E-state index in [9.17, 15) is 4.79 Å². The van der Waals surface area contributed by atoms with E-state index in [1.807, 2.05) is 17.0 Å². The van der Waals surface area contributed by atoms with Crippen molar-refractivity contribution in [1.29, 1.82) is 0 Å². The van der Waals surface area contributed by atoms with Crippen molar-refractivity contribution >= 4 is 22.4 Å². The average Bonchev–Trinajstić information content (AvgIpc) is 3.33. The molecular weight excluding hydrogens is 388 g/mol. The van der Waals surface area contributed by atoms with Gasteiger partial charge in [-0.1, -0.05) is 42.5 Å². The highest BCUT2D eigenvalue weighted by molar-refractivity contribution is 5.87. The van der Waals surface area contributed by atoms with Crippen LogP contribution in [0.5, 0.6) is 5.75 Å². The van der Waals surface area contributed by atoms with Crippen LogP contribution in [-0.2, 0) is 4.79 Å². The topological polar surface area (TPSA) is 56.8 Å². The second-order valence-corrected chi connectivity index (χ2v) is 8.21. The summed E-state index contributed by atoms with van der Waals surface area (Å²) in [6, 6.07) is 22.8. The molecule has 3 aromatic carbocycles. The third-order valence-electron chi connectivity index (χ3n) is 6.43. The van der Waals surface area contributed by atoms with E-state index in [1.165, 1.54) is 22.0 Å². The molecule has 2 fully saturated rings. The number of rotatable bonds is 4. The molecule has 0 radical (unpaired) electrons. The zero-order valence-electron chi connectivity index (χ0n) is 17.8. The van der Waals surface area contributed by atoms with Gasteiger partial charge in [0.2, 0.25) is 5.91 Å². The van der Waals surface area contributed by atoms with Crippen LogP contribution in [0.15, 0.2) is 66.7 Å². The van der Waals surface area contributed by atoms with Crippen molar-refractivity contribution in [2.45, 2.75) is 18.5 Å². The van der Waals surface area contributed by atoms with Crippen molar-refractivity contribution in [3.05, 3.63) is 72.3 Å². The Balaban J connectivity index is 1.21. The number of nitrogens with zero attached hydrogens (tertiary/aromatic N) is 2. The highest BCUT2D eigenvalue weighted by atomic mass is 16.5. The number of hydrazine groups is 1. The first-order chi connectivity index (χ1) is 15.2. The number of nitrogens with one attached hydrogen (secondary N) is 2. The van der Waals surface area contributed by atoms with E-state index in [2.05, 4.69) is 70.3 Å². The Morgan fingerprint density at radius 3 is 2.42 bits per heavy atom. The lowest BCUT2D eigenvalue weighted by molar-refractivity contribution is -0.133. The van der Waals surface area contributed by atoms with Crippen LogP contribution >= 0.6 is 0 Å². The number of fused-ring (bicyclic) bond motifs is 1. The summed E-state index contributed by atoms with van der Waals surface area (Å²) in [5.41, 5.74) is 9.03. The van der Waals surface area contributed by atoms with Gasteiger partial charge in [0, 0.05) is 37.9 Å². The van der Waals surface area contributed by atoms with Gasteiger partial charge in [-0.2, -0.15) is 0 Å². The molecule has 160 valence electrons. The van der Waals surface area contributed by atoms with Crippen LogP contribution in [0.2, 0.25) is 0 Å². The predicted molar refractivity (Wildman–Crippen MR) is 123 cm³/mol. The van der Waals surface area contributed by atoms with Gasteiger partial charge >= 0.3 is 0 Å². The van der Waals surface area contributed by atoms with Crippen LogP contribution in [0.25, 0.3) is 10.8 Å². The van der Waals surface area contributed by atoms with Crippen molar-refractivity contribution in [2.24, 2.45) is 0 Å². The average molecular weight is 417 g/mol. The van der Waals surface area contributed by atoms with E-state index in [0.29, 0.717) is 0 Å². The molecule has 2 N–H and O–H groups in total. The van der Waals surface area contributed by atoms with Crippen LogP contribution in [0.4, 0.5) is 5.69 Å². The summed E-state index contributed by atoms with van der Waals surface area (Å²) in [7, 11) is 1.68. The molecule has 2 heterocycles. The van der Waals surface area contributed by atoms with Crippen LogP contribution in [0.1, 0.15) is 18.0 Å². The Labute approximate surface area is 182 Å². The second-order valence-electron chi connectivity index (χ2n) is 8.21. The number of piperazine rings is 1. The summed E-state index contributed by atoms with van der Waals surface area (Å²) in [5, 5.41) is 2.47. The van der Waals surface area contributed by atoms with Gasteiger partial charge in [0.25, 0.3) is 0 Å². The Kier molecular flexibility index (Phi) is 5.49. The number of hydrogen-bond donors (Lipinski definition) is 2. The van der Waals surface area contributed by atoms with Gasteiger partial charge in [-0.25, -0.2) is 10.9 Å². The van der Waals surface area contributed by atoms with Crippen molar-refractivity contribution in [1.82, 2.24) is 15.8 Å². The summed E-state index contributed by atoms with van der Waals surface area (Å²) < 4.78 is 5.24. The highest BCUT2D eigenvalue weighted by Gasteiger charge is 2.34. The summed E-state index contributed by atoms with van der Waals surface area (Å²) in [5.74, 6) is 1.04. The Morgan fingerprint density at radius 2 is 1.65 bits per heavy atom. The number of anilines is 1. The fourth-order valence-corrected chi connectivity index (χ4v) is 4.67. The minimum atomic E-state index is -0.198. The van der Waals surface area contributed by atoms with E-state index >= 15 is 0 Å². The molecule has 1 amide bonds. The lowest BCUT2D eigenvalue weighted by atomic mass is 9.96. The smallest absolute Gasteiger partial charge is 0.241 e. The fraction of sp³-hybridized carbons (Fsp3) is 0.320. The summed E-state index contributed by atoms with van der Waals surface area (Å²) in [6.07, 6.45) is 0.755. The summed E-state index contributed by atoms with van der Waals surface area (Å²) >= 11 is 0. The minimum Gasteiger partial charge on any atom is -0.497 e. The van der Waals surface area contributed by atoms with E-state index in [-0.39, 0.29) is 18.0 Å². The first-order valence-electron chi connectivity index (χ1n) is 10.9. The molecule has 2 aliphatic heterocycles. The maximum Gasteiger partial charge on any atom is 0.241 e. The van der Waals surface area contributed by atoms with Gasteiger partial charge in [0.15, 0.2) is 0 Å². The first kappa shape index (κ1) is 19.8. The molecular formula is C25H28N4O2. The van der Waals surface area contributed by atoms with Crippen LogP contribution in [0, 0.1) is 0 Å². The third-order valence-corrected chi connectivity index (χ3v) is 6.43. The van der Waals surface area contributed by atoms with Crippen molar-refractivity contribution in [3.8, 4) is 5.75 Å². The number of ether oxygens (including phenoxy) is 1. The van der Waals surface area contributed by atoms with Gasteiger partial charge in [-0.15, -0.1) is 0 Å². The van der Waals surface area contributed by atoms with Crippen molar-refractivity contribution in [2.75, 3.05) is 38.2 Å². The molecule has 0 bridgehead atoms. The second kappa shape index (κ2) is 8.57. The van der Waals surface area contributed by atoms with Crippen LogP contribution < -0.4 is 20.5 Å². The number of hydrogen-bond acceptors (Lipinski definition) is 5. The lowest BCUT2D eigenvalue weighted by Gasteiger charge is -2.37. The first-order valence-corrected chi connectivity index (χ1v) is 10.9. The zero-order chi connectivity index (χ0) is 21.2. The fourth-order valence-electron chi connectivity index (χ4n) is 4.67. The van der Waals surface area contributed by atoms with Gasteiger partial charge in [0.05, 0.1) is 7.11 Å². The standard InChI is InChI=1S/C25H28N4O2/c1-31-20-11-9-19(10-12-20)28-13-15-29(16-14-28)25(30)24-17-23(26-27-24)22-8-4-6-18-5-2-3-7-21(18)22/h2-12,23-24,26-27H,13-17H2,1H3. The number of benzene rings is 3. The molecule has 2 unspecified atom stereocenters. The van der Waals surface area contributed by atoms with Crippen molar-refractivity contribution < 1.29 is 9.53 Å². The quantitative estimate of drug-likeness (QED) is 0.685. The number of amides is 1. The monoisotopic (exact) mass is 416 g/mol. The van der Waals surface area contributed by atoms with Crippen LogP contribution in [0.3, 0.4) is 0 Å². The van der Waals surface area contributed by atoms with Crippen LogP contribution in [-0.4, -0.2) is 50.1 Å². The van der Waals surface area contributed by atoms with E-state index in [4.69, 9.17) is 4.74 Å². The maximum atomic E-state index is 13.2. The normalized spacial score (nSPS) is 21.5. The SMILES string of the molecule is COc1ccc(N2CCN(C(=O)C3CC(c4cccc5ccccc45)NN3)CC2)cc1. The zero-order valence-corrected chi connectivity index (χ0v) is 17.8. The van der Waals surface area contributed by atoms with Gasteiger partial charge in [0.1, 0.15) is 11.8 Å².